The summed E-state index contributed by atoms with van der Waals surface area (Å²) in [5, 5.41) is 2.87. The van der Waals surface area contributed by atoms with Crippen molar-refractivity contribution in [3.05, 3.63) is 59.7 Å². The molecule has 0 spiro atoms. The lowest BCUT2D eigenvalue weighted by Crippen LogP contribution is -2.38. The zero-order chi connectivity index (χ0) is 19.6. The molecular weight excluding hydrogens is 362 g/mol. The van der Waals surface area contributed by atoms with E-state index in [1.165, 1.54) is 18.2 Å². The number of hydrogen-bond acceptors (Lipinski definition) is 3. The number of nitrogens with one attached hydrogen (secondary N) is 1. The standard InChI is InChI=1S/C22H24F2N2O2/c23-17-5-3-4-16(14-17)22(8-1-2-9-22)21(27)25-18-6-7-20(19(24)15-18)26-10-12-28-13-11-26/h3-7,14-15H,1-2,8-13H2,(H,25,27). The van der Waals surface area contributed by atoms with Crippen LogP contribution < -0.4 is 10.2 Å². The van der Waals surface area contributed by atoms with Gasteiger partial charge in [0.2, 0.25) is 5.91 Å². The van der Waals surface area contributed by atoms with Gasteiger partial charge in [-0.2, -0.15) is 0 Å². The fourth-order valence-corrected chi connectivity index (χ4v) is 4.31. The van der Waals surface area contributed by atoms with Crippen molar-refractivity contribution in [2.75, 3.05) is 36.5 Å². The molecule has 2 aromatic rings. The summed E-state index contributed by atoms with van der Waals surface area (Å²) in [7, 11) is 0. The van der Waals surface area contributed by atoms with Crippen LogP contribution in [0.15, 0.2) is 42.5 Å². The maximum atomic E-state index is 14.7. The van der Waals surface area contributed by atoms with Crippen molar-refractivity contribution < 1.29 is 18.3 Å². The lowest BCUT2D eigenvalue weighted by Gasteiger charge is -2.30. The first-order chi connectivity index (χ1) is 13.6. The normalized spacial score (nSPS) is 18.9. The van der Waals surface area contributed by atoms with Gasteiger partial charge in [-0.3, -0.25) is 4.79 Å². The van der Waals surface area contributed by atoms with Crippen LogP contribution in [-0.2, 0) is 14.9 Å². The lowest BCUT2D eigenvalue weighted by atomic mass is 9.78. The minimum atomic E-state index is -0.762. The minimum absolute atomic E-state index is 0.200. The van der Waals surface area contributed by atoms with E-state index >= 15 is 0 Å². The summed E-state index contributed by atoms with van der Waals surface area (Å²) in [6.45, 7) is 2.44. The molecule has 6 heteroatoms. The van der Waals surface area contributed by atoms with E-state index in [-0.39, 0.29) is 17.5 Å². The Kier molecular flexibility index (Phi) is 5.31. The molecule has 0 unspecified atom stereocenters. The average molecular weight is 386 g/mol. The van der Waals surface area contributed by atoms with Gasteiger partial charge in [-0.05, 0) is 48.7 Å². The maximum Gasteiger partial charge on any atom is 0.235 e. The number of hydrogen-bond donors (Lipinski definition) is 1. The van der Waals surface area contributed by atoms with E-state index in [0.717, 1.165) is 12.8 Å². The molecule has 1 amide bonds. The van der Waals surface area contributed by atoms with Crippen molar-refractivity contribution >= 4 is 17.3 Å². The van der Waals surface area contributed by atoms with Gasteiger partial charge in [-0.15, -0.1) is 0 Å². The van der Waals surface area contributed by atoms with E-state index in [0.29, 0.717) is 56.1 Å². The van der Waals surface area contributed by atoms with Gasteiger partial charge in [0.05, 0.1) is 24.3 Å². The summed E-state index contributed by atoms with van der Waals surface area (Å²) in [6.07, 6.45) is 3.15. The first-order valence-electron chi connectivity index (χ1n) is 9.78. The minimum Gasteiger partial charge on any atom is -0.378 e. The highest BCUT2D eigenvalue weighted by Gasteiger charge is 2.43. The van der Waals surface area contributed by atoms with Gasteiger partial charge in [-0.25, -0.2) is 8.78 Å². The fourth-order valence-electron chi connectivity index (χ4n) is 4.31. The molecule has 2 aromatic carbocycles. The van der Waals surface area contributed by atoms with E-state index in [1.807, 2.05) is 4.90 Å². The Labute approximate surface area is 163 Å². The molecule has 1 heterocycles. The highest BCUT2D eigenvalue weighted by molar-refractivity contribution is 5.99. The number of anilines is 2. The monoisotopic (exact) mass is 386 g/mol. The molecule has 2 fully saturated rings. The molecule has 4 rings (SSSR count). The summed E-state index contributed by atoms with van der Waals surface area (Å²) in [5.41, 5.74) is 0.860. The molecule has 28 heavy (non-hydrogen) atoms. The molecule has 148 valence electrons. The lowest BCUT2D eigenvalue weighted by molar-refractivity contribution is -0.121. The summed E-state index contributed by atoms with van der Waals surface area (Å²) >= 11 is 0. The van der Waals surface area contributed by atoms with Crippen LogP contribution in [0.2, 0.25) is 0 Å². The number of benzene rings is 2. The molecule has 1 saturated carbocycles. The largest absolute Gasteiger partial charge is 0.378 e. The number of amides is 1. The summed E-state index contributed by atoms with van der Waals surface area (Å²) in [5.74, 6) is -0.919. The van der Waals surface area contributed by atoms with Crippen LogP contribution in [0.1, 0.15) is 31.2 Å². The summed E-state index contributed by atoms with van der Waals surface area (Å²) in [6, 6.07) is 11.0. The quantitative estimate of drug-likeness (QED) is 0.854. The second-order valence-electron chi connectivity index (χ2n) is 7.52. The number of carbonyl (C=O) groups excluding carboxylic acids is 1. The Morgan fingerprint density at radius 1 is 1.04 bits per heavy atom. The van der Waals surface area contributed by atoms with Crippen LogP contribution in [-0.4, -0.2) is 32.2 Å². The Hall–Kier alpha value is -2.47. The van der Waals surface area contributed by atoms with Crippen LogP contribution in [0.25, 0.3) is 0 Å². The van der Waals surface area contributed by atoms with Crippen LogP contribution in [0, 0.1) is 11.6 Å². The van der Waals surface area contributed by atoms with E-state index in [9.17, 15) is 13.6 Å². The predicted octanol–water partition coefficient (Wildman–Crippen LogP) is 4.25. The van der Waals surface area contributed by atoms with Gasteiger partial charge in [0.15, 0.2) is 0 Å². The second kappa shape index (κ2) is 7.87. The van der Waals surface area contributed by atoms with Crippen LogP contribution in [0.5, 0.6) is 0 Å². The Morgan fingerprint density at radius 3 is 2.46 bits per heavy atom. The topological polar surface area (TPSA) is 41.6 Å². The Bertz CT molecular complexity index is 859. The van der Waals surface area contributed by atoms with Crippen molar-refractivity contribution in [2.24, 2.45) is 0 Å². The molecule has 2 aliphatic rings. The number of ether oxygens (including phenoxy) is 1. The van der Waals surface area contributed by atoms with Crippen LogP contribution in [0.4, 0.5) is 20.2 Å². The van der Waals surface area contributed by atoms with Gasteiger partial charge in [0, 0.05) is 18.8 Å². The van der Waals surface area contributed by atoms with E-state index in [4.69, 9.17) is 4.74 Å². The second-order valence-corrected chi connectivity index (χ2v) is 7.52. The van der Waals surface area contributed by atoms with Gasteiger partial charge in [-0.1, -0.05) is 25.0 Å². The molecule has 1 N–H and O–H groups in total. The van der Waals surface area contributed by atoms with E-state index in [1.54, 1.807) is 24.3 Å². The van der Waals surface area contributed by atoms with Gasteiger partial charge < -0.3 is 15.0 Å². The molecule has 0 bridgehead atoms. The Morgan fingerprint density at radius 2 is 1.79 bits per heavy atom. The number of rotatable bonds is 4. The highest BCUT2D eigenvalue weighted by atomic mass is 19.1. The van der Waals surface area contributed by atoms with Crippen molar-refractivity contribution in [3.63, 3.8) is 0 Å². The summed E-state index contributed by atoms with van der Waals surface area (Å²) in [4.78, 5) is 15.1. The zero-order valence-electron chi connectivity index (χ0n) is 15.7. The predicted molar refractivity (Wildman–Crippen MR) is 105 cm³/mol. The van der Waals surface area contributed by atoms with Crippen LogP contribution >= 0.6 is 0 Å². The Balaban J connectivity index is 1.55. The summed E-state index contributed by atoms with van der Waals surface area (Å²) < 4.78 is 33.7. The molecule has 1 aliphatic carbocycles. The highest BCUT2D eigenvalue weighted by Crippen LogP contribution is 2.42. The molecule has 0 atom stereocenters. The molecule has 4 nitrogen and oxygen atoms in total. The smallest absolute Gasteiger partial charge is 0.235 e. The molecule has 1 aliphatic heterocycles. The maximum absolute atomic E-state index is 14.7. The number of carbonyl (C=O) groups is 1. The van der Waals surface area contributed by atoms with E-state index < -0.39 is 5.41 Å². The third kappa shape index (κ3) is 3.61. The first kappa shape index (κ1) is 18.9. The number of halogens is 2. The van der Waals surface area contributed by atoms with Crippen molar-refractivity contribution in [2.45, 2.75) is 31.1 Å². The van der Waals surface area contributed by atoms with Crippen molar-refractivity contribution in [1.82, 2.24) is 0 Å². The van der Waals surface area contributed by atoms with E-state index in [2.05, 4.69) is 5.32 Å². The molecule has 1 saturated heterocycles. The van der Waals surface area contributed by atoms with Gasteiger partial charge >= 0.3 is 0 Å². The third-order valence-electron chi connectivity index (χ3n) is 5.83. The SMILES string of the molecule is O=C(Nc1ccc(N2CCOCC2)c(F)c1)C1(c2cccc(F)c2)CCCC1. The van der Waals surface area contributed by atoms with Crippen molar-refractivity contribution in [3.8, 4) is 0 Å². The van der Waals surface area contributed by atoms with Crippen LogP contribution in [0.3, 0.4) is 0 Å². The number of nitrogens with zero attached hydrogens (tertiary/aromatic N) is 1. The molecular formula is C22H24F2N2O2. The van der Waals surface area contributed by atoms with Gasteiger partial charge in [0.1, 0.15) is 11.6 Å². The molecule has 0 aromatic heterocycles. The third-order valence-corrected chi connectivity index (χ3v) is 5.83. The molecule has 0 radical (unpaired) electrons. The average Bonchev–Trinajstić information content (AvgIpc) is 3.20. The van der Waals surface area contributed by atoms with Gasteiger partial charge in [0.25, 0.3) is 0 Å². The zero-order valence-corrected chi connectivity index (χ0v) is 15.7. The fraction of sp³-hybridized carbons (Fsp3) is 0.409. The first-order valence-corrected chi connectivity index (χ1v) is 9.78. The van der Waals surface area contributed by atoms with Crippen molar-refractivity contribution in [1.29, 1.82) is 0 Å². The number of morpholine rings is 1.